The standard InChI is InChI=1S/C20H22BrN3O4S.ClH/c1-26-14-3-4-15-17(13-14)29-20(22-15)24(19(25)16-5-6-18(21)28-16)8-2-7-23-9-11-27-12-10-23;/h3-6,13H,2,7-12H2,1H3;1H. The summed E-state index contributed by atoms with van der Waals surface area (Å²) in [7, 11) is 1.64. The third-order valence-corrected chi connectivity index (χ3v) is 6.27. The van der Waals surface area contributed by atoms with Crippen LogP contribution >= 0.6 is 39.7 Å². The van der Waals surface area contributed by atoms with Crippen molar-refractivity contribution < 1.29 is 18.7 Å². The summed E-state index contributed by atoms with van der Waals surface area (Å²) in [5.74, 6) is 0.872. The number of carbonyl (C=O) groups excluding carboxylic acids is 1. The molecule has 1 amide bonds. The molecule has 0 aliphatic carbocycles. The summed E-state index contributed by atoms with van der Waals surface area (Å²) in [5.41, 5.74) is 0.845. The number of aromatic nitrogens is 1. The number of rotatable bonds is 7. The van der Waals surface area contributed by atoms with Gasteiger partial charge in [0.2, 0.25) is 0 Å². The van der Waals surface area contributed by atoms with Crippen LogP contribution in [0.3, 0.4) is 0 Å². The van der Waals surface area contributed by atoms with E-state index in [0.717, 1.165) is 55.2 Å². The van der Waals surface area contributed by atoms with Gasteiger partial charge in [-0.1, -0.05) is 11.3 Å². The second-order valence-corrected chi connectivity index (χ2v) is 8.49. The molecule has 3 heterocycles. The Morgan fingerprint density at radius 1 is 1.30 bits per heavy atom. The minimum absolute atomic E-state index is 0. The fourth-order valence-corrected chi connectivity index (χ4v) is 4.58. The molecule has 0 atom stereocenters. The number of thiazole rings is 1. The van der Waals surface area contributed by atoms with Gasteiger partial charge in [0.1, 0.15) is 5.75 Å². The number of benzene rings is 1. The average Bonchev–Trinajstić information content (AvgIpc) is 3.37. The first-order valence-electron chi connectivity index (χ1n) is 9.46. The smallest absolute Gasteiger partial charge is 0.295 e. The lowest BCUT2D eigenvalue weighted by molar-refractivity contribution is 0.0376. The van der Waals surface area contributed by atoms with Crippen LogP contribution < -0.4 is 9.64 Å². The number of fused-ring (bicyclic) bond motifs is 1. The summed E-state index contributed by atoms with van der Waals surface area (Å²) >= 11 is 4.75. The zero-order chi connectivity index (χ0) is 20.2. The van der Waals surface area contributed by atoms with Crippen LogP contribution in [0.15, 0.2) is 39.4 Å². The predicted molar refractivity (Wildman–Crippen MR) is 123 cm³/mol. The Hall–Kier alpha value is -1.65. The molecule has 30 heavy (non-hydrogen) atoms. The lowest BCUT2D eigenvalue weighted by Gasteiger charge is -2.27. The largest absolute Gasteiger partial charge is 0.497 e. The van der Waals surface area contributed by atoms with Gasteiger partial charge in [-0.15, -0.1) is 12.4 Å². The van der Waals surface area contributed by atoms with Gasteiger partial charge in [-0.25, -0.2) is 4.98 Å². The van der Waals surface area contributed by atoms with Crippen molar-refractivity contribution in [1.82, 2.24) is 9.88 Å². The maximum Gasteiger partial charge on any atom is 0.295 e. The molecule has 1 saturated heterocycles. The highest BCUT2D eigenvalue weighted by atomic mass is 79.9. The highest BCUT2D eigenvalue weighted by Crippen LogP contribution is 2.32. The fraction of sp³-hybridized carbons (Fsp3) is 0.400. The highest BCUT2D eigenvalue weighted by Gasteiger charge is 2.24. The molecule has 1 aliphatic rings. The Morgan fingerprint density at radius 2 is 2.10 bits per heavy atom. The van der Waals surface area contributed by atoms with Crippen LogP contribution in [0.25, 0.3) is 10.2 Å². The minimum Gasteiger partial charge on any atom is -0.497 e. The van der Waals surface area contributed by atoms with Gasteiger partial charge in [-0.2, -0.15) is 0 Å². The second kappa shape index (κ2) is 10.6. The quantitative estimate of drug-likeness (QED) is 0.462. The second-order valence-electron chi connectivity index (χ2n) is 6.70. The molecular formula is C20H23BrClN3O4S. The number of morpholine rings is 1. The molecule has 0 spiro atoms. The lowest BCUT2D eigenvalue weighted by Crippen LogP contribution is -2.39. The number of nitrogens with zero attached hydrogens (tertiary/aromatic N) is 3. The van der Waals surface area contributed by atoms with Gasteiger partial charge in [0.25, 0.3) is 5.91 Å². The Morgan fingerprint density at radius 3 is 2.80 bits per heavy atom. The molecule has 1 fully saturated rings. The molecule has 0 saturated carbocycles. The molecular weight excluding hydrogens is 494 g/mol. The van der Waals surface area contributed by atoms with Gasteiger partial charge in [0, 0.05) is 26.2 Å². The van der Waals surface area contributed by atoms with E-state index in [1.807, 2.05) is 18.2 Å². The van der Waals surface area contributed by atoms with Crippen LogP contribution in [-0.4, -0.2) is 62.3 Å². The molecule has 0 radical (unpaired) electrons. The Labute approximate surface area is 193 Å². The van der Waals surface area contributed by atoms with Crippen molar-refractivity contribution in [3.63, 3.8) is 0 Å². The van der Waals surface area contributed by atoms with Crippen LogP contribution in [0.2, 0.25) is 0 Å². The maximum absolute atomic E-state index is 13.2. The molecule has 3 aromatic rings. The number of methoxy groups -OCH3 is 1. The van der Waals surface area contributed by atoms with Crippen LogP contribution in [0, 0.1) is 0 Å². The molecule has 0 bridgehead atoms. The zero-order valence-corrected chi connectivity index (χ0v) is 19.7. The third-order valence-electron chi connectivity index (χ3n) is 4.80. The molecule has 162 valence electrons. The van der Waals surface area contributed by atoms with E-state index >= 15 is 0 Å². The van der Waals surface area contributed by atoms with E-state index in [-0.39, 0.29) is 18.3 Å². The number of amides is 1. The topological polar surface area (TPSA) is 68.0 Å². The van der Waals surface area contributed by atoms with Crippen molar-refractivity contribution in [2.75, 3.05) is 51.4 Å². The number of hydrogen-bond donors (Lipinski definition) is 0. The van der Waals surface area contributed by atoms with Gasteiger partial charge in [0.15, 0.2) is 15.6 Å². The van der Waals surface area contributed by atoms with E-state index in [1.54, 1.807) is 24.1 Å². The molecule has 4 rings (SSSR count). The number of hydrogen-bond acceptors (Lipinski definition) is 7. The van der Waals surface area contributed by atoms with E-state index in [2.05, 4.69) is 25.8 Å². The first-order chi connectivity index (χ1) is 14.1. The SMILES string of the molecule is COc1ccc2nc(N(CCCN3CCOCC3)C(=O)c3ccc(Br)o3)sc2c1.Cl. The third kappa shape index (κ3) is 5.33. The Balaban J connectivity index is 0.00000256. The van der Waals surface area contributed by atoms with Gasteiger partial charge in [-0.3, -0.25) is 14.6 Å². The van der Waals surface area contributed by atoms with Gasteiger partial charge in [-0.05, 0) is 52.7 Å². The van der Waals surface area contributed by atoms with Crippen LogP contribution in [-0.2, 0) is 4.74 Å². The van der Waals surface area contributed by atoms with Crippen LogP contribution in [0.4, 0.5) is 5.13 Å². The Kier molecular flexibility index (Phi) is 8.13. The number of anilines is 1. The normalized spacial score (nSPS) is 14.5. The summed E-state index contributed by atoms with van der Waals surface area (Å²) in [6.07, 6.45) is 0.840. The van der Waals surface area contributed by atoms with Gasteiger partial charge < -0.3 is 13.9 Å². The van der Waals surface area contributed by atoms with Gasteiger partial charge in [0.05, 0.1) is 30.5 Å². The Bertz CT molecular complexity index is 990. The fourth-order valence-electron chi connectivity index (χ4n) is 3.26. The summed E-state index contributed by atoms with van der Waals surface area (Å²) < 4.78 is 17.7. The van der Waals surface area contributed by atoms with Crippen molar-refractivity contribution in [3.8, 4) is 5.75 Å². The van der Waals surface area contributed by atoms with Crippen molar-refractivity contribution in [2.24, 2.45) is 0 Å². The lowest BCUT2D eigenvalue weighted by atomic mass is 10.3. The molecule has 7 nitrogen and oxygen atoms in total. The number of furan rings is 1. The van der Waals surface area contributed by atoms with Crippen molar-refractivity contribution in [1.29, 1.82) is 0 Å². The monoisotopic (exact) mass is 515 g/mol. The van der Waals surface area contributed by atoms with Crippen molar-refractivity contribution in [2.45, 2.75) is 6.42 Å². The molecule has 0 N–H and O–H groups in total. The average molecular weight is 517 g/mol. The molecule has 1 aliphatic heterocycles. The maximum atomic E-state index is 13.2. The highest BCUT2D eigenvalue weighted by molar-refractivity contribution is 9.10. The molecule has 2 aromatic heterocycles. The van der Waals surface area contributed by atoms with E-state index in [1.165, 1.54) is 11.3 Å². The first kappa shape index (κ1) is 23.0. The number of ether oxygens (including phenoxy) is 2. The van der Waals surface area contributed by atoms with Gasteiger partial charge >= 0.3 is 0 Å². The zero-order valence-electron chi connectivity index (χ0n) is 16.5. The number of halogens is 2. The molecule has 1 aromatic carbocycles. The van der Waals surface area contributed by atoms with Crippen molar-refractivity contribution in [3.05, 3.63) is 40.8 Å². The van der Waals surface area contributed by atoms with E-state index in [4.69, 9.17) is 13.9 Å². The van der Waals surface area contributed by atoms with E-state index in [0.29, 0.717) is 22.1 Å². The predicted octanol–water partition coefficient (Wildman–Crippen LogP) is 4.45. The van der Waals surface area contributed by atoms with Crippen molar-refractivity contribution >= 4 is 60.9 Å². The van der Waals surface area contributed by atoms with Crippen LogP contribution in [0.5, 0.6) is 5.75 Å². The summed E-state index contributed by atoms with van der Waals surface area (Å²) in [5, 5.41) is 0.660. The molecule has 0 unspecified atom stereocenters. The molecule has 10 heteroatoms. The first-order valence-corrected chi connectivity index (χ1v) is 11.1. The van der Waals surface area contributed by atoms with E-state index < -0.39 is 0 Å². The summed E-state index contributed by atoms with van der Waals surface area (Å²) in [6.45, 7) is 4.87. The summed E-state index contributed by atoms with van der Waals surface area (Å²) in [6, 6.07) is 9.13. The minimum atomic E-state index is -0.191. The summed E-state index contributed by atoms with van der Waals surface area (Å²) in [4.78, 5) is 21.9. The number of carbonyl (C=O) groups is 1. The van der Waals surface area contributed by atoms with E-state index in [9.17, 15) is 4.79 Å². The van der Waals surface area contributed by atoms with Crippen LogP contribution in [0.1, 0.15) is 17.0 Å².